The van der Waals surface area contributed by atoms with Crippen molar-refractivity contribution in [3.63, 3.8) is 0 Å². The van der Waals surface area contributed by atoms with Crippen LogP contribution in [0.5, 0.6) is 5.75 Å². The lowest BCUT2D eigenvalue weighted by molar-refractivity contribution is -0.120. The predicted octanol–water partition coefficient (Wildman–Crippen LogP) is 2.33. The molecular weight excluding hydrogens is 214 g/mol. The number of methoxy groups -OCH3 is 1. The van der Waals surface area contributed by atoms with E-state index in [4.69, 9.17) is 4.74 Å². The molecule has 0 heterocycles. The van der Waals surface area contributed by atoms with Gasteiger partial charge < -0.3 is 10.1 Å². The van der Waals surface area contributed by atoms with E-state index in [1.54, 1.807) is 7.11 Å². The molecule has 1 aromatic rings. The number of aryl methyl sites for hydroxylation is 1. The van der Waals surface area contributed by atoms with Crippen LogP contribution in [-0.4, -0.2) is 19.6 Å². The van der Waals surface area contributed by atoms with Gasteiger partial charge in [0.25, 0.3) is 0 Å². The lowest BCUT2D eigenvalue weighted by Crippen LogP contribution is -2.24. The van der Waals surface area contributed by atoms with E-state index in [2.05, 4.69) is 24.4 Å². The van der Waals surface area contributed by atoms with Crippen molar-refractivity contribution < 1.29 is 9.53 Å². The molecule has 17 heavy (non-hydrogen) atoms. The molecule has 0 aliphatic heterocycles. The van der Waals surface area contributed by atoms with Crippen LogP contribution >= 0.6 is 0 Å². The fraction of sp³-hybridized carbons (Fsp3) is 0.500. The molecule has 1 rings (SSSR count). The summed E-state index contributed by atoms with van der Waals surface area (Å²) in [5.74, 6) is 1.04. The zero-order chi connectivity index (χ0) is 12.7. The minimum atomic E-state index is 0.106. The van der Waals surface area contributed by atoms with Gasteiger partial charge in [0.05, 0.1) is 7.11 Å². The first-order chi connectivity index (χ1) is 8.21. The van der Waals surface area contributed by atoms with Gasteiger partial charge in [-0.2, -0.15) is 0 Å². The second-order valence-electron chi connectivity index (χ2n) is 3.95. The summed E-state index contributed by atoms with van der Waals surface area (Å²) in [5.41, 5.74) is 2.45. The quantitative estimate of drug-likeness (QED) is 0.821. The maximum atomic E-state index is 11.1. The summed E-state index contributed by atoms with van der Waals surface area (Å²) in [4.78, 5) is 11.1. The molecule has 0 spiro atoms. The van der Waals surface area contributed by atoms with Gasteiger partial charge in [-0.1, -0.05) is 26.0 Å². The summed E-state index contributed by atoms with van der Waals surface area (Å²) in [5, 5.41) is 2.88. The van der Waals surface area contributed by atoms with Crippen molar-refractivity contribution in [3.05, 3.63) is 29.3 Å². The number of carbonyl (C=O) groups excluding carboxylic acids is 1. The van der Waals surface area contributed by atoms with Crippen molar-refractivity contribution in [2.45, 2.75) is 33.1 Å². The third-order valence-corrected chi connectivity index (χ3v) is 2.78. The third-order valence-electron chi connectivity index (χ3n) is 2.78. The van der Waals surface area contributed by atoms with Gasteiger partial charge in [0.1, 0.15) is 5.75 Å². The molecule has 0 aliphatic rings. The van der Waals surface area contributed by atoms with Crippen LogP contribution < -0.4 is 10.1 Å². The van der Waals surface area contributed by atoms with E-state index in [9.17, 15) is 4.79 Å². The van der Waals surface area contributed by atoms with Gasteiger partial charge in [0, 0.05) is 13.0 Å². The Labute approximate surface area is 103 Å². The molecule has 0 aliphatic carbocycles. The van der Waals surface area contributed by atoms with Gasteiger partial charge in [-0.15, -0.1) is 0 Å². The number of hydrogen-bond donors (Lipinski definition) is 1. The highest BCUT2D eigenvalue weighted by molar-refractivity contribution is 5.75. The van der Waals surface area contributed by atoms with Crippen molar-refractivity contribution in [2.75, 3.05) is 13.7 Å². The Morgan fingerprint density at radius 3 is 2.71 bits per heavy atom. The van der Waals surface area contributed by atoms with Crippen molar-refractivity contribution in [2.24, 2.45) is 0 Å². The van der Waals surface area contributed by atoms with Gasteiger partial charge in [0.2, 0.25) is 5.91 Å². The summed E-state index contributed by atoms with van der Waals surface area (Å²) in [6.07, 6.45) is 2.36. The number of ether oxygens (including phenoxy) is 1. The maximum absolute atomic E-state index is 11.1. The number of carbonyl (C=O) groups is 1. The van der Waals surface area contributed by atoms with Crippen molar-refractivity contribution in [3.8, 4) is 5.75 Å². The molecule has 0 radical (unpaired) electrons. The topological polar surface area (TPSA) is 38.3 Å². The van der Waals surface area contributed by atoms with Gasteiger partial charge in [-0.25, -0.2) is 0 Å². The van der Waals surface area contributed by atoms with Gasteiger partial charge in [0.15, 0.2) is 0 Å². The van der Waals surface area contributed by atoms with Crippen LogP contribution in [0.25, 0.3) is 0 Å². The minimum Gasteiger partial charge on any atom is -0.496 e. The van der Waals surface area contributed by atoms with Crippen LogP contribution in [-0.2, 0) is 17.6 Å². The predicted molar refractivity (Wildman–Crippen MR) is 69.4 cm³/mol. The summed E-state index contributed by atoms with van der Waals surface area (Å²) in [6, 6.07) is 6.20. The van der Waals surface area contributed by atoms with E-state index in [1.165, 1.54) is 11.1 Å². The largest absolute Gasteiger partial charge is 0.496 e. The first kappa shape index (κ1) is 13.6. The SMILES string of the molecule is CCC(=O)NCCc1ccc(OC)c(CC)c1. The van der Waals surface area contributed by atoms with Crippen LogP contribution in [0, 0.1) is 0 Å². The van der Waals surface area contributed by atoms with Gasteiger partial charge >= 0.3 is 0 Å². The molecule has 1 amide bonds. The van der Waals surface area contributed by atoms with Crippen molar-refractivity contribution >= 4 is 5.91 Å². The molecule has 3 heteroatoms. The molecule has 0 bridgehead atoms. The second kappa shape index (κ2) is 6.94. The number of hydrogen-bond acceptors (Lipinski definition) is 2. The Bertz CT molecular complexity index is 374. The number of amides is 1. The average molecular weight is 235 g/mol. The van der Waals surface area contributed by atoms with E-state index >= 15 is 0 Å². The van der Waals surface area contributed by atoms with E-state index in [-0.39, 0.29) is 5.91 Å². The van der Waals surface area contributed by atoms with E-state index in [0.29, 0.717) is 13.0 Å². The van der Waals surface area contributed by atoms with Crippen molar-refractivity contribution in [1.29, 1.82) is 0 Å². The summed E-state index contributed by atoms with van der Waals surface area (Å²) < 4.78 is 5.28. The zero-order valence-electron chi connectivity index (χ0n) is 10.9. The monoisotopic (exact) mass is 235 g/mol. The molecule has 1 aromatic carbocycles. The Morgan fingerprint density at radius 2 is 2.12 bits per heavy atom. The zero-order valence-corrected chi connectivity index (χ0v) is 10.9. The molecule has 0 saturated heterocycles. The first-order valence-electron chi connectivity index (χ1n) is 6.13. The molecule has 94 valence electrons. The van der Waals surface area contributed by atoms with E-state index in [0.717, 1.165) is 18.6 Å². The average Bonchev–Trinajstić information content (AvgIpc) is 2.38. The first-order valence-corrected chi connectivity index (χ1v) is 6.13. The lowest BCUT2D eigenvalue weighted by Gasteiger charge is -2.09. The van der Waals surface area contributed by atoms with Gasteiger partial charge in [-0.3, -0.25) is 4.79 Å². The fourth-order valence-electron chi connectivity index (χ4n) is 1.73. The van der Waals surface area contributed by atoms with Crippen molar-refractivity contribution in [1.82, 2.24) is 5.32 Å². The number of rotatable bonds is 6. The van der Waals surface area contributed by atoms with E-state index in [1.807, 2.05) is 13.0 Å². The molecule has 0 fully saturated rings. The molecule has 1 N–H and O–H groups in total. The van der Waals surface area contributed by atoms with Gasteiger partial charge in [-0.05, 0) is 30.0 Å². The molecule has 0 aromatic heterocycles. The van der Waals surface area contributed by atoms with Crippen LogP contribution in [0.15, 0.2) is 18.2 Å². The van der Waals surface area contributed by atoms with Crippen LogP contribution in [0.4, 0.5) is 0 Å². The highest BCUT2D eigenvalue weighted by atomic mass is 16.5. The fourth-order valence-corrected chi connectivity index (χ4v) is 1.73. The number of nitrogens with one attached hydrogen (secondary N) is 1. The normalized spacial score (nSPS) is 10.1. The van der Waals surface area contributed by atoms with Crippen LogP contribution in [0.2, 0.25) is 0 Å². The highest BCUT2D eigenvalue weighted by Gasteiger charge is 2.03. The maximum Gasteiger partial charge on any atom is 0.219 e. The minimum absolute atomic E-state index is 0.106. The number of benzene rings is 1. The molecule has 0 atom stereocenters. The van der Waals surface area contributed by atoms with Crippen LogP contribution in [0.1, 0.15) is 31.4 Å². The summed E-state index contributed by atoms with van der Waals surface area (Å²) in [6.45, 7) is 4.67. The molecule has 0 saturated carbocycles. The Balaban J connectivity index is 2.57. The molecule has 3 nitrogen and oxygen atoms in total. The highest BCUT2D eigenvalue weighted by Crippen LogP contribution is 2.20. The third kappa shape index (κ3) is 4.10. The summed E-state index contributed by atoms with van der Waals surface area (Å²) in [7, 11) is 1.69. The smallest absolute Gasteiger partial charge is 0.219 e. The van der Waals surface area contributed by atoms with Crippen LogP contribution in [0.3, 0.4) is 0 Å². The molecular formula is C14H21NO2. The van der Waals surface area contributed by atoms with E-state index < -0.39 is 0 Å². The summed E-state index contributed by atoms with van der Waals surface area (Å²) >= 11 is 0. The Kier molecular flexibility index (Phi) is 5.53. The Hall–Kier alpha value is -1.51. The Morgan fingerprint density at radius 1 is 1.35 bits per heavy atom. The molecule has 0 unspecified atom stereocenters. The second-order valence-corrected chi connectivity index (χ2v) is 3.95. The lowest BCUT2D eigenvalue weighted by atomic mass is 10.1. The standard InChI is InChI=1S/C14H21NO2/c1-4-12-10-11(6-7-13(12)17-3)8-9-15-14(16)5-2/h6-7,10H,4-5,8-9H2,1-3H3,(H,15,16).